The molecule has 0 spiro atoms. The zero-order chi connectivity index (χ0) is 18.7. The third kappa shape index (κ3) is 6.15. The van der Waals surface area contributed by atoms with Crippen LogP contribution >= 0.6 is 0 Å². The molecule has 5 nitrogen and oxygen atoms in total. The second-order valence-corrected chi connectivity index (χ2v) is 6.44. The smallest absolute Gasteiger partial charge is 0.191 e. The molecule has 0 saturated carbocycles. The normalized spacial score (nSPS) is 13.8. The van der Waals surface area contributed by atoms with E-state index in [1.165, 1.54) is 16.8 Å². The SMILES string of the molecule is CN=C(NCCOCc1ccccc1)NCc1cccc(N2CC=CC2)c1. The van der Waals surface area contributed by atoms with E-state index in [4.69, 9.17) is 4.74 Å². The summed E-state index contributed by atoms with van der Waals surface area (Å²) in [5.41, 5.74) is 3.69. The zero-order valence-electron chi connectivity index (χ0n) is 15.9. The van der Waals surface area contributed by atoms with Gasteiger partial charge in [0, 0.05) is 38.9 Å². The van der Waals surface area contributed by atoms with Gasteiger partial charge in [0.05, 0.1) is 13.2 Å². The van der Waals surface area contributed by atoms with Crippen LogP contribution in [-0.4, -0.2) is 39.2 Å². The maximum atomic E-state index is 5.69. The summed E-state index contributed by atoms with van der Waals surface area (Å²) in [6, 6.07) is 18.8. The van der Waals surface area contributed by atoms with Crippen LogP contribution in [0.15, 0.2) is 71.7 Å². The van der Waals surface area contributed by atoms with Crippen molar-refractivity contribution >= 4 is 11.6 Å². The Morgan fingerprint density at radius 1 is 1.00 bits per heavy atom. The molecule has 142 valence electrons. The lowest BCUT2D eigenvalue weighted by Crippen LogP contribution is -2.38. The Hall–Kier alpha value is -2.79. The van der Waals surface area contributed by atoms with Gasteiger partial charge in [-0.3, -0.25) is 4.99 Å². The molecule has 5 heteroatoms. The summed E-state index contributed by atoms with van der Waals surface area (Å²) in [4.78, 5) is 6.63. The number of guanidine groups is 1. The number of anilines is 1. The predicted octanol–water partition coefficient (Wildman–Crippen LogP) is 2.94. The van der Waals surface area contributed by atoms with E-state index in [-0.39, 0.29) is 0 Å². The molecule has 0 atom stereocenters. The highest BCUT2D eigenvalue weighted by Crippen LogP contribution is 2.18. The minimum atomic E-state index is 0.632. The van der Waals surface area contributed by atoms with Gasteiger partial charge in [-0.1, -0.05) is 54.6 Å². The topological polar surface area (TPSA) is 48.9 Å². The molecular formula is C22H28N4O. The van der Waals surface area contributed by atoms with Gasteiger partial charge in [-0.25, -0.2) is 0 Å². The van der Waals surface area contributed by atoms with Crippen LogP contribution < -0.4 is 15.5 Å². The van der Waals surface area contributed by atoms with E-state index in [0.717, 1.165) is 25.6 Å². The van der Waals surface area contributed by atoms with Crippen molar-refractivity contribution in [3.63, 3.8) is 0 Å². The number of ether oxygens (including phenoxy) is 1. The molecule has 0 fully saturated rings. The Balaban J connectivity index is 1.37. The third-order valence-electron chi connectivity index (χ3n) is 4.43. The summed E-state index contributed by atoms with van der Waals surface area (Å²) in [5.74, 6) is 0.784. The molecule has 0 saturated heterocycles. The Morgan fingerprint density at radius 2 is 1.78 bits per heavy atom. The molecule has 0 aromatic heterocycles. The van der Waals surface area contributed by atoms with Crippen LogP contribution in [0, 0.1) is 0 Å². The molecule has 27 heavy (non-hydrogen) atoms. The van der Waals surface area contributed by atoms with Gasteiger partial charge < -0.3 is 20.3 Å². The largest absolute Gasteiger partial charge is 0.375 e. The Labute approximate surface area is 161 Å². The standard InChI is InChI=1S/C22H28N4O/c1-23-22(24-12-15-27-18-19-8-3-2-4-9-19)25-17-20-10-7-11-21(16-20)26-13-5-6-14-26/h2-11,16H,12-15,17-18H2,1H3,(H2,23,24,25). The summed E-state index contributed by atoms with van der Waals surface area (Å²) in [5, 5.41) is 6.65. The van der Waals surface area contributed by atoms with Crippen LogP contribution in [0.2, 0.25) is 0 Å². The van der Waals surface area contributed by atoms with Crippen LogP contribution in [-0.2, 0) is 17.9 Å². The van der Waals surface area contributed by atoms with E-state index >= 15 is 0 Å². The average Bonchev–Trinajstić information content (AvgIpc) is 3.26. The van der Waals surface area contributed by atoms with Crippen LogP contribution in [0.3, 0.4) is 0 Å². The lowest BCUT2D eigenvalue weighted by atomic mass is 10.2. The van der Waals surface area contributed by atoms with Gasteiger partial charge >= 0.3 is 0 Å². The quantitative estimate of drug-likeness (QED) is 0.327. The highest BCUT2D eigenvalue weighted by Gasteiger charge is 2.08. The first-order valence-corrected chi connectivity index (χ1v) is 9.40. The molecule has 2 aromatic carbocycles. The molecular weight excluding hydrogens is 336 g/mol. The Morgan fingerprint density at radius 3 is 2.56 bits per heavy atom. The molecule has 0 aliphatic carbocycles. The van der Waals surface area contributed by atoms with Gasteiger partial charge in [0.1, 0.15) is 0 Å². The molecule has 0 amide bonds. The molecule has 1 aliphatic rings. The van der Waals surface area contributed by atoms with E-state index < -0.39 is 0 Å². The van der Waals surface area contributed by atoms with Crippen LogP contribution in [0.1, 0.15) is 11.1 Å². The minimum absolute atomic E-state index is 0.632. The monoisotopic (exact) mass is 364 g/mol. The molecule has 3 rings (SSSR count). The van der Waals surface area contributed by atoms with Crippen molar-refractivity contribution < 1.29 is 4.74 Å². The summed E-state index contributed by atoms with van der Waals surface area (Å²) >= 11 is 0. The number of hydrogen-bond acceptors (Lipinski definition) is 3. The second-order valence-electron chi connectivity index (χ2n) is 6.44. The number of aliphatic imine (C=N–C) groups is 1. The fraction of sp³-hybridized carbons (Fsp3) is 0.318. The Kier molecular flexibility index (Phi) is 7.30. The summed E-state index contributed by atoms with van der Waals surface area (Å²) in [6.07, 6.45) is 4.41. The van der Waals surface area contributed by atoms with E-state index in [0.29, 0.717) is 19.8 Å². The van der Waals surface area contributed by atoms with Crippen molar-refractivity contribution in [3.05, 3.63) is 77.9 Å². The Bertz CT molecular complexity index is 750. The molecule has 1 heterocycles. The van der Waals surface area contributed by atoms with Crippen LogP contribution in [0.25, 0.3) is 0 Å². The summed E-state index contributed by atoms with van der Waals surface area (Å²) in [6.45, 7) is 4.69. The summed E-state index contributed by atoms with van der Waals surface area (Å²) in [7, 11) is 1.78. The van der Waals surface area contributed by atoms with E-state index in [2.05, 4.69) is 69.1 Å². The molecule has 0 bridgehead atoms. The van der Waals surface area contributed by atoms with E-state index in [1.807, 2.05) is 18.2 Å². The second kappa shape index (κ2) is 10.4. The van der Waals surface area contributed by atoms with Crippen molar-refractivity contribution in [2.45, 2.75) is 13.2 Å². The highest BCUT2D eigenvalue weighted by molar-refractivity contribution is 5.79. The molecule has 1 aliphatic heterocycles. The van der Waals surface area contributed by atoms with E-state index in [9.17, 15) is 0 Å². The average molecular weight is 364 g/mol. The van der Waals surface area contributed by atoms with Crippen molar-refractivity contribution in [2.75, 3.05) is 38.2 Å². The molecule has 2 aromatic rings. The van der Waals surface area contributed by atoms with Crippen LogP contribution in [0.4, 0.5) is 5.69 Å². The van der Waals surface area contributed by atoms with Gasteiger partial charge in [0.15, 0.2) is 5.96 Å². The van der Waals surface area contributed by atoms with Crippen molar-refractivity contribution in [2.24, 2.45) is 4.99 Å². The fourth-order valence-corrected chi connectivity index (χ4v) is 2.96. The highest BCUT2D eigenvalue weighted by atomic mass is 16.5. The van der Waals surface area contributed by atoms with Crippen molar-refractivity contribution in [3.8, 4) is 0 Å². The number of rotatable bonds is 8. The van der Waals surface area contributed by atoms with E-state index in [1.54, 1.807) is 7.05 Å². The first-order chi connectivity index (χ1) is 13.3. The van der Waals surface area contributed by atoms with Gasteiger partial charge in [-0.2, -0.15) is 0 Å². The lowest BCUT2D eigenvalue weighted by Gasteiger charge is -2.19. The lowest BCUT2D eigenvalue weighted by molar-refractivity contribution is 0.125. The van der Waals surface area contributed by atoms with Gasteiger partial charge in [0.25, 0.3) is 0 Å². The van der Waals surface area contributed by atoms with Gasteiger partial charge in [-0.15, -0.1) is 0 Å². The first-order valence-electron chi connectivity index (χ1n) is 9.40. The van der Waals surface area contributed by atoms with Crippen LogP contribution in [0.5, 0.6) is 0 Å². The minimum Gasteiger partial charge on any atom is -0.375 e. The molecule has 2 N–H and O–H groups in total. The number of nitrogens with zero attached hydrogens (tertiary/aromatic N) is 2. The molecule has 0 unspecified atom stereocenters. The number of hydrogen-bond donors (Lipinski definition) is 2. The maximum absolute atomic E-state index is 5.69. The molecule has 0 radical (unpaired) electrons. The summed E-state index contributed by atoms with van der Waals surface area (Å²) < 4.78 is 5.69. The first kappa shape index (κ1) is 19.0. The zero-order valence-corrected chi connectivity index (χ0v) is 15.9. The van der Waals surface area contributed by atoms with Crippen molar-refractivity contribution in [1.82, 2.24) is 10.6 Å². The third-order valence-corrected chi connectivity index (χ3v) is 4.43. The predicted molar refractivity (Wildman–Crippen MR) is 112 cm³/mol. The maximum Gasteiger partial charge on any atom is 0.191 e. The fourth-order valence-electron chi connectivity index (χ4n) is 2.96. The van der Waals surface area contributed by atoms with Crippen molar-refractivity contribution in [1.29, 1.82) is 0 Å². The number of benzene rings is 2. The number of nitrogens with one attached hydrogen (secondary N) is 2. The van der Waals surface area contributed by atoms with Gasteiger partial charge in [0.2, 0.25) is 0 Å². The van der Waals surface area contributed by atoms with Gasteiger partial charge in [-0.05, 0) is 23.3 Å².